The number of anilines is 1. The molecule has 6 heteroatoms. The highest BCUT2D eigenvalue weighted by atomic mass is 16.5. The summed E-state index contributed by atoms with van der Waals surface area (Å²) in [7, 11) is 3.02. The van der Waals surface area contributed by atoms with Crippen molar-refractivity contribution in [2.24, 2.45) is 5.41 Å². The van der Waals surface area contributed by atoms with Crippen LogP contribution >= 0.6 is 0 Å². The molecule has 2 saturated heterocycles. The van der Waals surface area contributed by atoms with Crippen LogP contribution in [0.1, 0.15) is 44.6 Å². The van der Waals surface area contributed by atoms with Crippen molar-refractivity contribution in [3.8, 4) is 11.5 Å². The summed E-state index contributed by atoms with van der Waals surface area (Å²) in [4.78, 5) is 15.5. The molecule has 1 aromatic carbocycles. The number of methoxy groups -OCH3 is 2. The summed E-state index contributed by atoms with van der Waals surface area (Å²) < 4.78 is 10.5. The number of carbonyl (C=O) groups excluding carboxylic acids is 1. The third kappa shape index (κ3) is 1.99. The third-order valence-electron chi connectivity index (χ3n) is 7.80. The fourth-order valence-corrected chi connectivity index (χ4v) is 6.71. The lowest BCUT2D eigenvalue weighted by Gasteiger charge is -2.56. The van der Waals surface area contributed by atoms with Crippen LogP contribution in [-0.2, 0) is 14.9 Å². The van der Waals surface area contributed by atoms with E-state index in [1.807, 2.05) is 12.1 Å². The van der Waals surface area contributed by atoms with E-state index < -0.39 is 0 Å². The molecule has 0 unspecified atom stereocenters. The lowest BCUT2D eigenvalue weighted by atomic mass is 9.53. The van der Waals surface area contributed by atoms with E-state index in [-0.39, 0.29) is 22.5 Å². The van der Waals surface area contributed by atoms with Gasteiger partial charge in [-0.1, -0.05) is 6.92 Å². The standard InChI is InChI=1S/C22H28N2O4/c1-4-21-6-5-8-24-9-7-22(20(21)24)14-10-16(25)17(27-2)11-15(14)23-18(22)13(12-21)19(26)28-3/h10-11,20,23,25H,4-9,12H2,1-3H3/t20-,21-,22-/m0/s1. The zero-order valence-electron chi connectivity index (χ0n) is 16.8. The van der Waals surface area contributed by atoms with Crippen molar-refractivity contribution in [2.75, 3.05) is 32.6 Å². The minimum Gasteiger partial charge on any atom is -0.504 e. The fraction of sp³-hybridized carbons (Fsp3) is 0.591. The molecule has 5 rings (SSSR count). The summed E-state index contributed by atoms with van der Waals surface area (Å²) in [6.45, 7) is 4.37. The maximum absolute atomic E-state index is 12.8. The highest BCUT2D eigenvalue weighted by Gasteiger charge is 2.66. The predicted molar refractivity (Wildman–Crippen MR) is 106 cm³/mol. The van der Waals surface area contributed by atoms with Gasteiger partial charge in [0.25, 0.3) is 0 Å². The molecule has 6 nitrogen and oxygen atoms in total. The Morgan fingerprint density at radius 3 is 2.86 bits per heavy atom. The second-order valence-electron chi connectivity index (χ2n) is 8.70. The molecule has 1 aromatic rings. The normalized spacial score (nSPS) is 33.0. The summed E-state index contributed by atoms with van der Waals surface area (Å²) in [5.74, 6) is 0.364. The highest BCUT2D eigenvalue weighted by Crippen LogP contribution is 2.66. The Morgan fingerprint density at radius 2 is 2.14 bits per heavy atom. The largest absolute Gasteiger partial charge is 0.504 e. The maximum Gasteiger partial charge on any atom is 0.335 e. The number of phenolic OH excluding ortho intramolecular Hbond substituents is 1. The number of hydrogen-bond donors (Lipinski definition) is 2. The first-order valence-corrected chi connectivity index (χ1v) is 10.3. The molecular formula is C22H28N2O4. The fourth-order valence-electron chi connectivity index (χ4n) is 6.71. The van der Waals surface area contributed by atoms with Crippen LogP contribution in [0.4, 0.5) is 5.69 Å². The van der Waals surface area contributed by atoms with E-state index in [2.05, 4.69) is 17.1 Å². The van der Waals surface area contributed by atoms with E-state index in [4.69, 9.17) is 9.47 Å². The molecule has 0 amide bonds. The summed E-state index contributed by atoms with van der Waals surface area (Å²) >= 11 is 0. The quantitative estimate of drug-likeness (QED) is 0.616. The maximum atomic E-state index is 12.8. The number of benzene rings is 1. The Balaban J connectivity index is 1.81. The zero-order chi connectivity index (χ0) is 19.7. The number of nitrogens with zero attached hydrogens (tertiary/aromatic N) is 1. The molecular weight excluding hydrogens is 356 g/mol. The minimum absolute atomic E-state index is 0.0562. The van der Waals surface area contributed by atoms with Gasteiger partial charge in [0.15, 0.2) is 11.5 Å². The van der Waals surface area contributed by atoms with Crippen molar-refractivity contribution < 1.29 is 19.4 Å². The van der Waals surface area contributed by atoms with Gasteiger partial charge in [-0.05, 0) is 62.2 Å². The van der Waals surface area contributed by atoms with Crippen LogP contribution in [0.15, 0.2) is 23.4 Å². The summed E-state index contributed by atoms with van der Waals surface area (Å²) in [6, 6.07) is 4.05. The molecule has 0 saturated carbocycles. The van der Waals surface area contributed by atoms with Gasteiger partial charge in [-0.25, -0.2) is 4.79 Å². The Kier molecular flexibility index (Phi) is 3.76. The van der Waals surface area contributed by atoms with Crippen LogP contribution in [-0.4, -0.2) is 49.3 Å². The van der Waals surface area contributed by atoms with Crippen molar-refractivity contribution in [2.45, 2.75) is 50.5 Å². The van der Waals surface area contributed by atoms with E-state index in [9.17, 15) is 9.90 Å². The Hall–Kier alpha value is -2.21. The van der Waals surface area contributed by atoms with Crippen molar-refractivity contribution in [1.29, 1.82) is 0 Å². The number of carbonyl (C=O) groups is 1. The third-order valence-corrected chi connectivity index (χ3v) is 7.80. The molecule has 0 aromatic heterocycles. The van der Waals surface area contributed by atoms with E-state index in [1.165, 1.54) is 13.5 Å². The van der Waals surface area contributed by atoms with Crippen molar-refractivity contribution in [1.82, 2.24) is 4.90 Å². The Morgan fingerprint density at radius 1 is 1.32 bits per heavy atom. The molecule has 3 atom stereocenters. The van der Waals surface area contributed by atoms with Gasteiger partial charge in [-0.2, -0.15) is 0 Å². The van der Waals surface area contributed by atoms with Crippen molar-refractivity contribution in [3.05, 3.63) is 29.0 Å². The summed E-state index contributed by atoms with van der Waals surface area (Å²) in [6.07, 6.45) is 5.01. The molecule has 2 fully saturated rings. The molecule has 3 aliphatic heterocycles. The Bertz CT molecular complexity index is 895. The minimum atomic E-state index is -0.294. The van der Waals surface area contributed by atoms with Crippen LogP contribution in [0.5, 0.6) is 11.5 Å². The monoisotopic (exact) mass is 384 g/mol. The number of ether oxygens (including phenoxy) is 2. The SMILES string of the molecule is CC[C@]12CCCN3CC[C@]4(C(=C(C(=O)OC)C1)Nc1cc(OC)c(O)cc14)[C@@H]32. The van der Waals surface area contributed by atoms with Gasteiger partial charge in [0.05, 0.1) is 25.2 Å². The first kappa shape index (κ1) is 17.9. The van der Waals surface area contributed by atoms with E-state index in [0.717, 1.165) is 61.3 Å². The van der Waals surface area contributed by atoms with E-state index in [1.54, 1.807) is 7.11 Å². The average Bonchev–Trinajstić information content (AvgIpc) is 3.26. The number of piperidine rings is 1. The number of aromatic hydroxyl groups is 1. The van der Waals surface area contributed by atoms with Crippen LogP contribution in [0.25, 0.3) is 0 Å². The Labute approximate surface area is 165 Å². The first-order chi connectivity index (χ1) is 13.5. The lowest BCUT2D eigenvalue weighted by molar-refractivity contribution is -0.137. The molecule has 28 heavy (non-hydrogen) atoms. The van der Waals surface area contributed by atoms with Crippen LogP contribution in [0.3, 0.4) is 0 Å². The topological polar surface area (TPSA) is 71.0 Å². The smallest absolute Gasteiger partial charge is 0.335 e. The molecule has 2 N–H and O–H groups in total. The molecule has 3 heterocycles. The number of hydrogen-bond acceptors (Lipinski definition) is 6. The highest BCUT2D eigenvalue weighted by molar-refractivity contribution is 5.93. The second kappa shape index (κ2) is 5.89. The molecule has 0 bridgehead atoms. The number of nitrogens with one attached hydrogen (secondary N) is 1. The van der Waals surface area contributed by atoms with Crippen LogP contribution < -0.4 is 10.1 Å². The molecule has 0 radical (unpaired) electrons. The number of esters is 1. The van der Waals surface area contributed by atoms with Gasteiger partial charge in [0.2, 0.25) is 0 Å². The molecule has 150 valence electrons. The van der Waals surface area contributed by atoms with Crippen molar-refractivity contribution in [3.63, 3.8) is 0 Å². The average molecular weight is 384 g/mol. The molecule has 1 spiro atoms. The van der Waals surface area contributed by atoms with Gasteiger partial charge in [0.1, 0.15) is 0 Å². The van der Waals surface area contributed by atoms with Gasteiger partial charge in [-0.3, -0.25) is 4.90 Å². The first-order valence-electron chi connectivity index (χ1n) is 10.3. The van der Waals surface area contributed by atoms with Crippen LogP contribution in [0, 0.1) is 5.41 Å². The van der Waals surface area contributed by atoms with Gasteiger partial charge < -0.3 is 19.9 Å². The van der Waals surface area contributed by atoms with Crippen LogP contribution in [0.2, 0.25) is 0 Å². The summed E-state index contributed by atoms with van der Waals surface area (Å²) in [5, 5.41) is 14.1. The van der Waals surface area contributed by atoms with Gasteiger partial charge in [-0.15, -0.1) is 0 Å². The van der Waals surface area contributed by atoms with Gasteiger partial charge >= 0.3 is 5.97 Å². The number of phenols is 1. The number of rotatable bonds is 3. The van der Waals surface area contributed by atoms with E-state index in [0.29, 0.717) is 11.8 Å². The van der Waals surface area contributed by atoms with E-state index >= 15 is 0 Å². The predicted octanol–water partition coefficient (Wildman–Crippen LogP) is 3.16. The lowest BCUT2D eigenvalue weighted by Crippen LogP contribution is -2.59. The van der Waals surface area contributed by atoms with Gasteiger partial charge in [0, 0.05) is 23.5 Å². The zero-order valence-corrected chi connectivity index (χ0v) is 16.8. The number of fused-ring (bicyclic) bond motifs is 1. The van der Waals surface area contributed by atoms with Crippen molar-refractivity contribution >= 4 is 11.7 Å². The molecule has 4 aliphatic rings. The second-order valence-corrected chi connectivity index (χ2v) is 8.70. The summed E-state index contributed by atoms with van der Waals surface area (Å²) in [5.41, 5.74) is 3.55. The molecule has 1 aliphatic carbocycles.